The third-order valence-corrected chi connectivity index (χ3v) is 6.70. The van der Waals surface area contributed by atoms with Crippen molar-refractivity contribution in [3.63, 3.8) is 0 Å². The lowest BCUT2D eigenvalue weighted by Gasteiger charge is -2.36. The van der Waals surface area contributed by atoms with E-state index in [0.717, 1.165) is 16.9 Å². The lowest BCUT2D eigenvalue weighted by molar-refractivity contribution is -0.135. The molecule has 0 radical (unpaired) electrons. The van der Waals surface area contributed by atoms with Gasteiger partial charge in [-0.3, -0.25) is 9.48 Å². The Balaban J connectivity index is 1.66. The predicted octanol–water partition coefficient (Wildman–Crippen LogP) is 1.38. The van der Waals surface area contributed by atoms with Crippen LogP contribution in [0.3, 0.4) is 0 Å². The summed E-state index contributed by atoms with van der Waals surface area (Å²) in [6.45, 7) is 3.14. The van der Waals surface area contributed by atoms with Crippen molar-refractivity contribution in [2.24, 2.45) is 0 Å². The molecule has 4 rings (SSSR count). The minimum absolute atomic E-state index is 0.00756. The van der Waals surface area contributed by atoms with Crippen LogP contribution in [-0.2, 0) is 21.2 Å². The Labute approximate surface area is 152 Å². The molecule has 1 saturated heterocycles. The fourth-order valence-electron chi connectivity index (χ4n) is 3.64. The number of fused-ring (bicyclic) bond motifs is 1. The highest BCUT2D eigenvalue weighted by atomic mass is 32.2. The molecule has 7 nitrogen and oxygen atoms in total. The Hall–Kier alpha value is -2.35. The molecule has 2 aliphatic heterocycles. The molecule has 2 atom stereocenters. The van der Waals surface area contributed by atoms with E-state index in [0.29, 0.717) is 13.2 Å². The van der Waals surface area contributed by atoms with Crippen LogP contribution < -0.4 is 4.74 Å². The van der Waals surface area contributed by atoms with Gasteiger partial charge in [0.05, 0.1) is 23.7 Å². The van der Waals surface area contributed by atoms with E-state index >= 15 is 0 Å². The molecule has 138 valence electrons. The average Bonchev–Trinajstić information content (AvgIpc) is 3.27. The number of ether oxygens (including phenoxy) is 1. The Bertz CT molecular complexity index is 937. The van der Waals surface area contributed by atoms with Gasteiger partial charge in [0.2, 0.25) is 5.91 Å². The van der Waals surface area contributed by atoms with Crippen LogP contribution in [0.5, 0.6) is 5.75 Å². The van der Waals surface area contributed by atoms with Crippen molar-refractivity contribution >= 4 is 15.7 Å². The van der Waals surface area contributed by atoms with Crippen LogP contribution in [0.25, 0.3) is 0 Å². The second-order valence-electron chi connectivity index (χ2n) is 6.69. The Morgan fingerprint density at radius 1 is 1.35 bits per heavy atom. The zero-order valence-electron chi connectivity index (χ0n) is 14.5. The van der Waals surface area contributed by atoms with Crippen LogP contribution in [0.15, 0.2) is 36.7 Å². The van der Waals surface area contributed by atoms with Gasteiger partial charge in [0.25, 0.3) is 0 Å². The van der Waals surface area contributed by atoms with Crippen molar-refractivity contribution in [3.8, 4) is 5.75 Å². The molecule has 8 heteroatoms. The summed E-state index contributed by atoms with van der Waals surface area (Å²) in [5.41, 5.74) is 1.63. The number of hydrogen-bond donors (Lipinski definition) is 0. The average molecular weight is 375 g/mol. The van der Waals surface area contributed by atoms with Crippen molar-refractivity contribution in [1.82, 2.24) is 14.7 Å². The van der Waals surface area contributed by atoms with Gasteiger partial charge in [0, 0.05) is 30.4 Å². The normalized spacial score (nSPS) is 24.1. The van der Waals surface area contributed by atoms with Crippen molar-refractivity contribution in [1.29, 1.82) is 0 Å². The van der Waals surface area contributed by atoms with E-state index in [1.54, 1.807) is 15.8 Å². The molecule has 1 fully saturated rings. The maximum atomic E-state index is 13.3. The molecular weight excluding hydrogens is 354 g/mol. The maximum Gasteiger partial charge on any atom is 0.234 e. The third-order valence-electron chi connectivity index (χ3n) is 5.07. The summed E-state index contributed by atoms with van der Waals surface area (Å²) in [6.07, 6.45) is 3.49. The molecule has 2 aromatic rings. The highest BCUT2D eigenvalue weighted by molar-refractivity contribution is 7.91. The highest BCUT2D eigenvalue weighted by Crippen LogP contribution is 2.37. The molecule has 0 saturated carbocycles. The second-order valence-corrected chi connectivity index (χ2v) is 8.92. The number of benzene rings is 1. The van der Waals surface area contributed by atoms with Gasteiger partial charge in [-0.05, 0) is 13.0 Å². The minimum atomic E-state index is -3.19. The molecule has 0 spiro atoms. The van der Waals surface area contributed by atoms with Crippen LogP contribution in [0, 0.1) is 0 Å². The van der Waals surface area contributed by atoms with E-state index in [1.807, 2.05) is 37.4 Å². The molecule has 2 unspecified atom stereocenters. The summed E-state index contributed by atoms with van der Waals surface area (Å²) in [4.78, 5) is 14.9. The molecule has 0 aliphatic carbocycles. The van der Waals surface area contributed by atoms with Crippen LogP contribution >= 0.6 is 0 Å². The van der Waals surface area contributed by atoms with E-state index in [4.69, 9.17) is 4.74 Å². The minimum Gasteiger partial charge on any atom is -0.492 e. The van der Waals surface area contributed by atoms with E-state index in [1.165, 1.54) is 0 Å². The molecule has 2 aliphatic rings. The van der Waals surface area contributed by atoms with E-state index in [9.17, 15) is 13.2 Å². The fraction of sp³-hybridized carbons (Fsp3) is 0.444. The van der Waals surface area contributed by atoms with Crippen LogP contribution in [-0.4, -0.2) is 53.7 Å². The number of carbonyl (C=O) groups is 1. The lowest BCUT2D eigenvalue weighted by atomic mass is 9.98. The Morgan fingerprint density at radius 2 is 2.15 bits per heavy atom. The molecule has 0 N–H and O–H groups in total. The topological polar surface area (TPSA) is 81.5 Å². The summed E-state index contributed by atoms with van der Waals surface area (Å²) in [7, 11) is -3.19. The number of aryl methyl sites for hydroxylation is 1. The molecule has 1 aromatic heterocycles. The summed E-state index contributed by atoms with van der Waals surface area (Å²) < 4.78 is 31.8. The first kappa shape index (κ1) is 17.1. The van der Waals surface area contributed by atoms with Gasteiger partial charge in [-0.2, -0.15) is 5.10 Å². The quantitative estimate of drug-likeness (QED) is 0.809. The zero-order chi connectivity index (χ0) is 18.3. The number of para-hydroxylation sites is 1. The van der Waals surface area contributed by atoms with Gasteiger partial charge in [0.15, 0.2) is 9.84 Å². The molecule has 26 heavy (non-hydrogen) atoms. The van der Waals surface area contributed by atoms with Gasteiger partial charge >= 0.3 is 0 Å². The number of amides is 1. The number of hydrogen-bond acceptors (Lipinski definition) is 5. The van der Waals surface area contributed by atoms with Crippen molar-refractivity contribution < 1.29 is 17.9 Å². The van der Waals surface area contributed by atoms with Gasteiger partial charge in [-0.15, -0.1) is 0 Å². The van der Waals surface area contributed by atoms with E-state index < -0.39 is 21.8 Å². The van der Waals surface area contributed by atoms with Crippen molar-refractivity contribution in [3.05, 3.63) is 47.8 Å². The molecule has 0 bridgehead atoms. The smallest absolute Gasteiger partial charge is 0.234 e. The van der Waals surface area contributed by atoms with Crippen LogP contribution in [0.2, 0.25) is 0 Å². The first-order valence-corrected chi connectivity index (χ1v) is 10.6. The first-order valence-electron chi connectivity index (χ1n) is 8.73. The lowest BCUT2D eigenvalue weighted by Crippen LogP contribution is -2.48. The molecule has 3 heterocycles. The van der Waals surface area contributed by atoms with E-state index in [2.05, 4.69) is 5.10 Å². The highest BCUT2D eigenvalue weighted by Gasteiger charge is 2.41. The fourth-order valence-corrected chi connectivity index (χ4v) is 5.13. The third kappa shape index (κ3) is 2.98. The number of aromatic nitrogens is 2. The largest absolute Gasteiger partial charge is 0.492 e. The number of nitrogens with zero attached hydrogens (tertiary/aromatic N) is 3. The second kappa shape index (κ2) is 6.42. The zero-order valence-corrected chi connectivity index (χ0v) is 15.4. The van der Waals surface area contributed by atoms with Crippen LogP contribution in [0.4, 0.5) is 0 Å². The van der Waals surface area contributed by atoms with Crippen molar-refractivity contribution in [2.75, 3.05) is 24.7 Å². The monoisotopic (exact) mass is 375 g/mol. The van der Waals surface area contributed by atoms with E-state index in [-0.39, 0.29) is 24.0 Å². The summed E-state index contributed by atoms with van der Waals surface area (Å²) in [5, 5.41) is 4.24. The van der Waals surface area contributed by atoms with Gasteiger partial charge in [-0.25, -0.2) is 8.42 Å². The summed E-state index contributed by atoms with van der Waals surface area (Å²) in [6, 6.07) is 7.01. The summed E-state index contributed by atoms with van der Waals surface area (Å²) in [5.74, 6) is 0.177. The Kier molecular flexibility index (Phi) is 4.22. The molecule has 1 aromatic carbocycles. The standard InChI is InChI=1S/C18H21N3O4S/c1-2-20-10-13(9-19-20)16-12-26(23,24)8-7-21(16)18(22)15-11-25-17-6-4-3-5-14(15)17/h3-6,9-10,15-16H,2,7-8,11-12H2,1H3. The molecular formula is C18H21N3O4S. The van der Waals surface area contributed by atoms with Gasteiger partial charge in [-0.1, -0.05) is 18.2 Å². The molecule has 1 amide bonds. The van der Waals surface area contributed by atoms with Gasteiger partial charge in [0.1, 0.15) is 18.3 Å². The van der Waals surface area contributed by atoms with Crippen LogP contribution in [0.1, 0.15) is 30.0 Å². The van der Waals surface area contributed by atoms with Gasteiger partial charge < -0.3 is 9.64 Å². The van der Waals surface area contributed by atoms with Crippen molar-refractivity contribution in [2.45, 2.75) is 25.4 Å². The maximum absolute atomic E-state index is 13.3. The summed E-state index contributed by atoms with van der Waals surface area (Å²) >= 11 is 0. The predicted molar refractivity (Wildman–Crippen MR) is 95.7 cm³/mol. The first-order chi connectivity index (χ1) is 12.5. The number of carbonyl (C=O) groups excluding carboxylic acids is 1. The number of sulfone groups is 1. The Morgan fingerprint density at radius 3 is 2.92 bits per heavy atom. The number of rotatable bonds is 3. The SMILES string of the molecule is CCn1cc(C2CS(=O)(=O)CCN2C(=O)C2COc3ccccc32)cn1.